The first-order valence-electron chi connectivity index (χ1n) is 15.3. The van der Waals surface area contributed by atoms with Crippen LogP contribution in [0.15, 0.2) is 77.5 Å². The van der Waals surface area contributed by atoms with Crippen molar-refractivity contribution in [1.29, 1.82) is 5.26 Å². The highest BCUT2D eigenvalue weighted by Crippen LogP contribution is 2.51. The van der Waals surface area contributed by atoms with Gasteiger partial charge in [0.05, 0.1) is 17.4 Å². The molecule has 1 aromatic heterocycles. The molecule has 6 rings (SSSR count). The Morgan fingerprint density at radius 2 is 1.91 bits per heavy atom. The minimum Gasteiger partial charge on any atom is -0.457 e. The van der Waals surface area contributed by atoms with E-state index >= 15 is 0 Å². The topological polar surface area (TPSA) is 128 Å². The van der Waals surface area contributed by atoms with Gasteiger partial charge in [-0.1, -0.05) is 56.8 Å². The molecule has 4 amide bonds. The van der Waals surface area contributed by atoms with Crippen molar-refractivity contribution in [3.63, 3.8) is 0 Å². The zero-order valence-electron chi connectivity index (χ0n) is 26.2. The summed E-state index contributed by atoms with van der Waals surface area (Å²) in [5.74, 6) is 0.837. The number of aryl methyl sites for hydroxylation is 1. The highest BCUT2D eigenvalue weighted by atomic mass is 32.2. The molecule has 0 radical (unpaired) electrons. The highest BCUT2D eigenvalue weighted by molar-refractivity contribution is 8.01. The molecule has 11 heteroatoms. The zero-order valence-corrected chi connectivity index (χ0v) is 27.1. The van der Waals surface area contributed by atoms with E-state index in [1.165, 1.54) is 11.8 Å². The average molecular weight is 637 g/mol. The number of aromatic nitrogens is 1. The number of amides is 4. The summed E-state index contributed by atoms with van der Waals surface area (Å²) in [6, 6.07) is 17.8. The standard InChI is InChI=1S/C35H36N6O4S/c1-21-17-25(45-24-10-6-5-7-11-24)12-13-26(21)41-27-14-15-37-32-28(27)29(39-34(41)44)30(46-32)31(42)38-23-9-8-16-40(20-23)33(43)22(19-36)18-35(2,3)4/h5-7,10-15,17-18,23,29-30H,8-9,16,20H2,1-4H3,(H,38,42)(H,39,44)/b22-18+/t23?,29?,30-/m1/s1. The lowest BCUT2D eigenvalue weighted by Crippen LogP contribution is -2.54. The summed E-state index contributed by atoms with van der Waals surface area (Å²) in [5.41, 5.74) is 2.84. The number of carbonyl (C=O) groups is 3. The van der Waals surface area contributed by atoms with Crippen molar-refractivity contribution in [3.8, 4) is 17.6 Å². The lowest BCUT2D eigenvalue weighted by molar-refractivity contribution is -0.129. The van der Waals surface area contributed by atoms with Crippen LogP contribution in [0, 0.1) is 23.7 Å². The highest BCUT2D eigenvalue weighted by Gasteiger charge is 2.47. The van der Waals surface area contributed by atoms with Crippen LogP contribution in [-0.4, -0.2) is 52.1 Å². The van der Waals surface area contributed by atoms with E-state index in [9.17, 15) is 19.6 Å². The van der Waals surface area contributed by atoms with Gasteiger partial charge >= 0.3 is 6.03 Å². The third-order valence-corrected chi connectivity index (χ3v) is 9.42. The molecule has 3 aromatic rings. The summed E-state index contributed by atoms with van der Waals surface area (Å²) in [4.78, 5) is 48.4. The summed E-state index contributed by atoms with van der Waals surface area (Å²) in [6.07, 6.45) is 4.77. The number of benzene rings is 2. The molecule has 2 unspecified atom stereocenters. The number of urea groups is 1. The molecule has 0 saturated carbocycles. The molecule has 3 atom stereocenters. The number of nitrogens with zero attached hydrogens (tertiary/aromatic N) is 4. The third-order valence-electron chi connectivity index (χ3n) is 8.14. The Balaban J connectivity index is 1.18. The monoisotopic (exact) mass is 636 g/mol. The number of nitrogens with one attached hydrogen (secondary N) is 2. The molecule has 236 valence electrons. The van der Waals surface area contributed by atoms with Crippen LogP contribution in [0.5, 0.6) is 11.5 Å². The van der Waals surface area contributed by atoms with Gasteiger partial charge in [0.2, 0.25) is 5.91 Å². The maximum absolute atomic E-state index is 13.7. The van der Waals surface area contributed by atoms with Gasteiger partial charge < -0.3 is 20.3 Å². The van der Waals surface area contributed by atoms with Crippen LogP contribution >= 0.6 is 11.8 Å². The number of nitriles is 1. The first kappa shape index (κ1) is 31.2. The van der Waals surface area contributed by atoms with Crippen molar-refractivity contribution < 1.29 is 19.1 Å². The van der Waals surface area contributed by atoms with E-state index in [-0.39, 0.29) is 34.9 Å². The minimum atomic E-state index is -0.626. The fourth-order valence-corrected chi connectivity index (χ4v) is 7.38. The van der Waals surface area contributed by atoms with Gasteiger partial charge in [0.1, 0.15) is 33.4 Å². The Kier molecular flexibility index (Phi) is 8.49. The number of rotatable bonds is 6. The van der Waals surface area contributed by atoms with Crippen LogP contribution in [0.4, 0.5) is 16.2 Å². The third kappa shape index (κ3) is 6.30. The first-order valence-corrected chi connectivity index (χ1v) is 16.2. The number of thioether (sulfide) groups is 1. The number of hydrogen-bond acceptors (Lipinski definition) is 7. The number of ether oxygens (including phenoxy) is 1. The van der Waals surface area contributed by atoms with Crippen molar-refractivity contribution in [2.45, 2.75) is 62.9 Å². The predicted molar refractivity (Wildman–Crippen MR) is 176 cm³/mol. The molecule has 0 spiro atoms. The molecule has 4 heterocycles. The molecule has 3 aliphatic heterocycles. The number of piperidine rings is 1. The van der Waals surface area contributed by atoms with Gasteiger partial charge in [0.15, 0.2) is 0 Å². The van der Waals surface area contributed by atoms with E-state index in [1.54, 1.807) is 22.1 Å². The Morgan fingerprint density at radius 1 is 1.13 bits per heavy atom. The van der Waals surface area contributed by atoms with E-state index in [4.69, 9.17) is 4.74 Å². The second-order valence-electron chi connectivity index (χ2n) is 12.8. The Bertz CT molecular complexity index is 1760. The molecule has 3 aliphatic rings. The maximum atomic E-state index is 13.7. The molecule has 0 bridgehead atoms. The van der Waals surface area contributed by atoms with E-state index in [0.29, 0.717) is 48.1 Å². The molecule has 46 heavy (non-hydrogen) atoms. The second kappa shape index (κ2) is 12.5. The number of anilines is 2. The van der Waals surface area contributed by atoms with Gasteiger partial charge in [-0.25, -0.2) is 9.78 Å². The van der Waals surface area contributed by atoms with E-state index in [1.807, 2.05) is 88.4 Å². The largest absolute Gasteiger partial charge is 0.457 e. The molecule has 1 saturated heterocycles. The van der Waals surface area contributed by atoms with Gasteiger partial charge in [-0.2, -0.15) is 5.26 Å². The predicted octanol–water partition coefficient (Wildman–Crippen LogP) is 6.16. The maximum Gasteiger partial charge on any atom is 0.327 e. The minimum absolute atomic E-state index is 0.114. The van der Waals surface area contributed by atoms with Crippen molar-refractivity contribution >= 4 is 41.0 Å². The zero-order chi connectivity index (χ0) is 32.6. The fourth-order valence-electron chi connectivity index (χ4n) is 6.14. The smallest absolute Gasteiger partial charge is 0.327 e. The summed E-state index contributed by atoms with van der Waals surface area (Å²) in [7, 11) is 0. The molecular weight excluding hydrogens is 600 g/mol. The van der Waals surface area contributed by atoms with Crippen LogP contribution in [0.1, 0.15) is 50.8 Å². The molecule has 2 aromatic carbocycles. The molecule has 1 fully saturated rings. The Hall–Kier alpha value is -4.82. The number of para-hydroxylation sites is 1. The second-order valence-corrected chi connectivity index (χ2v) is 14.0. The lowest BCUT2D eigenvalue weighted by Gasteiger charge is -2.36. The van der Waals surface area contributed by atoms with E-state index in [2.05, 4.69) is 15.6 Å². The average Bonchev–Trinajstić information content (AvgIpc) is 3.40. The lowest BCUT2D eigenvalue weighted by atomic mass is 9.93. The van der Waals surface area contributed by atoms with Crippen molar-refractivity contribution in [2.24, 2.45) is 5.41 Å². The van der Waals surface area contributed by atoms with Crippen LogP contribution in [0.2, 0.25) is 0 Å². The van der Waals surface area contributed by atoms with Crippen molar-refractivity contribution in [2.75, 3.05) is 18.0 Å². The quantitative estimate of drug-likeness (QED) is 0.245. The first-order chi connectivity index (χ1) is 22.0. The van der Waals surface area contributed by atoms with Crippen molar-refractivity contribution in [1.82, 2.24) is 20.5 Å². The van der Waals surface area contributed by atoms with Gasteiger partial charge in [0.25, 0.3) is 5.91 Å². The number of pyridine rings is 1. The van der Waals surface area contributed by atoms with E-state index < -0.39 is 11.3 Å². The molecule has 10 nitrogen and oxygen atoms in total. The number of hydrogen-bond donors (Lipinski definition) is 2. The number of carbonyl (C=O) groups excluding carboxylic acids is 3. The molecule has 0 aliphatic carbocycles. The summed E-state index contributed by atoms with van der Waals surface area (Å²) >= 11 is 1.33. The van der Waals surface area contributed by atoms with E-state index in [0.717, 1.165) is 16.9 Å². The van der Waals surface area contributed by atoms with Crippen LogP contribution in [0.3, 0.4) is 0 Å². The van der Waals surface area contributed by atoms with Gasteiger partial charge in [-0.15, -0.1) is 0 Å². The number of allylic oxidation sites excluding steroid dienone is 1. The summed E-state index contributed by atoms with van der Waals surface area (Å²) < 4.78 is 5.99. The molecule has 2 N–H and O–H groups in total. The summed E-state index contributed by atoms with van der Waals surface area (Å²) in [5, 5.41) is 15.9. The van der Waals surface area contributed by atoms with Crippen LogP contribution in [-0.2, 0) is 9.59 Å². The van der Waals surface area contributed by atoms with Gasteiger partial charge in [0, 0.05) is 30.9 Å². The molecular formula is C35H36N6O4S. The fraction of sp³-hybridized carbons (Fsp3) is 0.343. The normalized spacial score (nSPS) is 20.8. The van der Waals surface area contributed by atoms with Crippen LogP contribution < -0.4 is 20.3 Å². The van der Waals surface area contributed by atoms with Gasteiger partial charge in [-0.3, -0.25) is 14.5 Å². The SMILES string of the molecule is Cc1cc(Oc2ccccc2)ccc1N1C(=O)NC2c3c1ccnc3S[C@H]2C(=O)NC1CCCN(C(=O)/C(C#N)=C/C(C)(C)C)C1. The number of likely N-dealkylation sites (tertiary alicyclic amines) is 1. The van der Waals surface area contributed by atoms with Crippen LogP contribution in [0.25, 0.3) is 0 Å². The Labute approximate surface area is 272 Å². The van der Waals surface area contributed by atoms with Gasteiger partial charge in [-0.05, 0) is 67.1 Å². The van der Waals surface area contributed by atoms with Crippen molar-refractivity contribution in [3.05, 3.63) is 83.6 Å². The summed E-state index contributed by atoms with van der Waals surface area (Å²) in [6.45, 7) is 8.59. The Morgan fingerprint density at radius 3 is 2.63 bits per heavy atom.